The van der Waals surface area contributed by atoms with Crippen molar-refractivity contribution in [2.24, 2.45) is 0 Å². The number of hydrogen-bond donors (Lipinski definition) is 0. The summed E-state index contributed by atoms with van der Waals surface area (Å²) in [6, 6.07) is 14.9. The zero-order chi connectivity index (χ0) is 19.2. The highest BCUT2D eigenvalue weighted by molar-refractivity contribution is 6.30. The Kier molecular flexibility index (Phi) is 6.14. The fourth-order valence-corrected chi connectivity index (χ4v) is 2.74. The lowest BCUT2D eigenvalue weighted by molar-refractivity contribution is -0.147. The number of nitrogens with zero attached hydrogens (tertiary/aromatic N) is 1. The Labute approximate surface area is 162 Å². The van der Waals surface area contributed by atoms with E-state index in [1.165, 1.54) is 0 Å². The van der Waals surface area contributed by atoms with Crippen molar-refractivity contribution >= 4 is 28.5 Å². The van der Waals surface area contributed by atoms with E-state index in [1.54, 1.807) is 24.3 Å². The van der Waals surface area contributed by atoms with Crippen LogP contribution in [0.15, 0.2) is 48.5 Å². The van der Waals surface area contributed by atoms with E-state index in [2.05, 4.69) is 4.98 Å². The number of carbonyl (C=O) groups is 1. The van der Waals surface area contributed by atoms with Gasteiger partial charge >= 0.3 is 5.97 Å². The van der Waals surface area contributed by atoms with Gasteiger partial charge in [-0.15, -0.1) is 0 Å². The Hall–Kier alpha value is -2.79. The molecule has 0 aliphatic rings. The normalized spacial score (nSPS) is 10.6. The number of aromatic nitrogens is 1. The molecule has 2 aromatic carbocycles. The predicted octanol–water partition coefficient (Wildman–Crippen LogP) is 4.72. The van der Waals surface area contributed by atoms with Gasteiger partial charge in [-0.3, -0.25) is 0 Å². The second-order valence-corrected chi connectivity index (χ2v) is 6.35. The number of esters is 1. The van der Waals surface area contributed by atoms with Gasteiger partial charge in [0.2, 0.25) is 0 Å². The zero-order valence-corrected chi connectivity index (χ0v) is 16.0. The molecule has 3 aromatic rings. The van der Waals surface area contributed by atoms with Crippen molar-refractivity contribution in [3.8, 4) is 11.5 Å². The fraction of sp³-hybridized carbons (Fsp3) is 0.238. The summed E-state index contributed by atoms with van der Waals surface area (Å²) in [5.74, 6) is 0.834. The highest BCUT2D eigenvalue weighted by Gasteiger charge is 2.10. The van der Waals surface area contributed by atoms with Crippen molar-refractivity contribution in [3.63, 3.8) is 0 Å². The largest absolute Gasteiger partial charge is 0.494 e. The Balaban J connectivity index is 1.55. The van der Waals surface area contributed by atoms with Crippen LogP contribution in [0, 0.1) is 6.92 Å². The summed E-state index contributed by atoms with van der Waals surface area (Å²) in [4.78, 5) is 16.3. The Morgan fingerprint density at radius 2 is 1.74 bits per heavy atom. The average Bonchev–Trinajstić information content (AvgIpc) is 2.66. The Morgan fingerprint density at radius 3 is 2.44 bits per heavy atom. The molecule has 5 nitrogen and oxygen atoms in total. The third-order valence-electron chi connectivity index (χ3n) is 3.88. The van der Waals surface area contributed by atoms with Crippen molar-refractivity contribution in [2.75, 3.05) is 13.2 Å². The number of ether oxygens (including phenoxy) is 3. The van der Waals surface area contributed by atoms with Crippen molar-refractivity contribution in [3.05, 3.63) is 64.8 Å². The van der Waals surface area contributed by atoms with Crippen LogP contribution in [0.4, 0.5) is 0 Å². The fourth-order valence-electron chi connectivity index (χ4n) is 2.54. The van der Waals surface area contributed by atoms with Crippen LogP contribution < -0.4 is 9.47 Å². The Bertz CT molecular complexity index is 941. The smallest absolute Gasteiger partial charge is 0.344 e. The van der Waals surface area contributed by atoms with E-state index in [0.717, 1.165) is 22.2 Å². The zero-order valence-electron chi connectivity index (χ0n) is 15.2. The topological polar surface area (TPSA) is 57.7 Å². The van der Waals surface area contributed by atoms with Crippen LogP contribution in [0.25, 0.3) is 10.9 Å². The van der Waals surface area contributed by atoms with Gasteiger partial charge in [0.25, 0.3) is 0 Å². The minimum atomic E-state index is -0.482. The molecule has 0 radical (unpaired) electrons. The first-order valence-electron chi connectivity index (χ1n) is 8.62. The number of aryl methyl sites for hydroxylation is 1. The maximum atomic E-state index is 11.9. The summed E-state index contributed by atoms with van der Waals surface area (Å²) >= 11 is 6.21. The van der Waals surface area contributed by atoms with Crippen molar-refractivity contribution in [1.82, 2.24) is 4.98 Å². The molecule has 0 bridgehead atoms. The molecule has 3 rings (SSSR count). The summed E-state index contributed by atoms with van der Waals surface area (Å²) in [5.41, 5.74) is 2.58. The molecule has 0 saturated carbocycles. The van der Waals surface area contributed by atoms with Gasteiger partial charge < -0.3 is 14.2 Å². The number of halogens is 1. The SMILES string of the molecule is CCOc1ccc(OCC(=O)OCc2cc3ccc(C)cc3nc2Cl)cc1. The lowest BCUT2D eigenvalue weighted by atomic mass is 10.1. The number of carbonyl (C=O) groups excluding carboxylic acids is 1. The number of pyridine rings is 1. The van der Waals surface area contributed by atoms with Crippen molar-refractivity contribution in [1.29, 1.82) is 0 Å². The third-order valence-corrected chi connectivity index (χ3v) is 4.21. The van der Waals surface area contributed by atoms with E-state index in [0.29, 0.717) is 23.1 Å². The molecular weight excluding hydrogens is 366 g/mol. The van der Waals surface area contributed by atoms with Gasteiger partial charge in [0.1, 0.15) is 23.3 Å². The molecule has 0 amide bonds. The van der Waals surface area contributed by atoms with Crippen molar-refractivity contribution in [2.45, 2.75) is 20.5 Å². The number of hydrogen-bond acceptors (Lipinski definition) is 5. The Morgan fingerprint density at radius 1 is 1.04 bits per heavy atom. The number of benzene rings is 2. The molecule has 0 fully saturated rings. The van der Waals surface area contributed by atoms with E-state index >= 15 is 0 Å². The average molecular weight is 386 g/mol. The summed E-state index contributed by atoms with van der Waals surface area (Å²) < 4.78 is 16.0. The van der Waals surface area contributed by atoms with E-state index < -0.39 is 5.97 Å². The van der Waals surface area contributed by atoms with E-state index in [9.17, 15) is 4.79 Å². The molecule has 0 atom stereocenters. The highest BCUT2D eigenvalue weighted by atomic mass is 35.5. The standard InChI is InChI=1S/C21H20ClNO4/c1-3-25-17-6-8-18(9-7-17)26-13-20(24)27-12-16-11-15-5-4-14(2)10-19(15)23-21(16)22/h4-11H,3,12-13H2,1-2H3. The molecular formula is C21H20ClNO4. The summed E-state index contributed by atoms with van der Waals surface area (Å²) in [6.45, 7) is 4.36. The van der Waals surface area contributed by atoms with Crippen LogP contribution in [0.3, 0.4) is 0 Å². The second kappa shape index (κ2) is 8.73. The molecule has 1 aromatic heterocycles. The summed E-state index contributed by atoms with van der Waals surface area (Å²) in [7, 11) is 0. The van der Waals surface area contributed by atoms with Gasteiger partial charge in [-0.2, -0.15) is 0 Å². The van der Waals surface area contributed by atoms with Crippen molar-refractivity contribution < 1.29 is 19.0 Å². The van der Waals surface area contributed by atoms with Crippen LogP contribution in [-0.2, 0) is 16.1 Å². The van der Waals surface area contributed by atoms with Crippen LogP contribution in [0.5, 0.6) is 11.5 Å². The van der Waals surface area contributed by atoms with E-state index in [1.807, 2.05) is 38.1 Å². The lowest BCUT2D eigenvalue weighted by Crippen LogP contribution is -2.15. The van der Waals surface area contributed by atoms with Crippen LogP contribution >= 0.6 is 11.6 Å². The molecule has 1 heterocycles. The summed E-state index contributed by atoms with van der Waals surface area (Å²) in [6.07, 6.45) is 0. The monoisotopic (exact) mass is 385 g/mol. The maximum Gasteiger partial charge on any atom is 0.344 e. The molecule has 140 valence electrons. The quantitative estimate of drug-likeness (QED) is 0.435. The van der Waals surface area contributed by atoms with Gasteiger partial charge in [0.05, 0.1) is 12.1 Å². The molecule has 0 saturated heterocycles. The van der Waals surface area contributed by atoms with E-state index in [-0.39, 0.29) is 13.2 Å². The maximum absolute atomic E-state index is 11.9. The minimum Gasteiger partial charge on any atom is -0.494 e. The van der Waals surface area contributed by atoms with Gasteiger partial charge in [0, 0.05) is 10.9 Å². The van der Waals surface area contributed by atoms with Gasteiger partial charge in [-0.25, -0.2) is 9.78 Å². The first kappa shape index (κ1) is 19.0. The first-order valence-corrected chi connectivity index (χ1v) is 9.00. The minimum absolute atomic E-state index is 0.0428. The van der Waals surface area contributed by atoms with Gasteiger partial charge in [-0.1, -0.05) is 23.7 Å². The lowest BCUT2D eigenvalue weighted by Gasteiger charge is -2.10. The second-order valence-electron chi connectivity index (χ2n) is 5.99. The predicted molar refractivity (Wildman–Crippen MR) is 104 cm³/mol. The van der Waals surface area contributed by atoms with E-state index in [4.69, 9.17) is 25.8 Å². The number of rotatable bonds is 7. The van der Waals surface area contributed by atoms with Crippen LogP contribution in [-0.4, -0.2) is 24.2 Å². The molecule has 0 aliphatic carbocycles. The molecule has 0 unspecified atom stereocenters. The highest BCUT2D eigenvalue weighted by Crippen LogP contribution is 2.22. The summed E-state index contributed by atoms with van der Waals surface area (Å²) in [5, 5.41) is 1.27. The van der Waals surface area contributed by atoms with Crippen LogP contribution in [0.2, 0.25) is 5.15 Å². The van der Waals surface area contributed by atoms with Crippen LogP contribution in [0.1, 0.15) is 18.1 Å². The molecule has 0 spiro atoms. The molecule has 27 heavy (non-hydrogen) atoms. The van der Waals surface area contributed by atoms with Gasteiger partial charge in [-0.05, 0) is 55.8 Å². The first-order chi connectivity index (χ1) is 13.0. The number of fused-ring (bicyclic) bond motifs is 1. The third kappa shape index (κ3) is 5.11. The van der Waals surface area contributed by atoms with Gasteiger partial charge in [0.15, 0.2) is 6.61 Å². The molecule has 0 aliphatic heterocycles. The molecule has 0 N–H and O–H groups in total. The molecule has 6 heteroatoms.